The summed E-state index contributed by atoms with van der Waals surface area (Å²) in [6.45, 7) is 4.39. The summed E-state index contributed by atoms with van der Waals surface area (Å²) in [6.07, 6.45) is 6.80. The van der Waals surface area contributed by atoms with Crippen LogP contribution in [0.4, 0.5) is 0 Å². The Bertz CT molecular complexity index is 464. The molecule has 0 aromatic rings. The van der Waals surface area contributed by atoms with Gasteiger partial charge in [-0.05, 0) is 43.9 Å². The van der Waals surface area contributed by atoms with Crippen molar-refractivity contribution in [1.82, 2.24) is 13.9 Å². The summed E-state index contributed by atoms with van der Waals surface area (Å²) in [5.74, 6) is 1.26. The molecule has 5 nitrogen and oxygen atoms in total. The van der Waals surface area contributed by atoms with Gasteiger partial charge < -0.3 is 5.32 Å². The van der Waals surface area contributed by atoms with Crippen molar-refractivity contribution in [2.24, 2.45) is 11.8 Å². The lowest BCUT2D eigenvalue weighted by atomic mass is 10.1. The van der Waals surface area contributed by atoms with Gasteiger partial charge in [0.1, 0.15) is 0 Å². The molecule has 1 saturated heterocycles. The molecule has 3 fully saturated rings. The Balaban J connectivity index is 1.61. The highest BCUT2D eigenvalue weighted by Crippen LogP contribution is 2.38. The third-order valence-electron chi connectivity index (χ3n) is 5.25. The van der Waals surface area contributed by atoms with Crippen molar-refractivity contribution in [3.05, 3.63) is 0 Å². The van der Waals surface area contributed by atoms with E-state index in [-0.39, 0.29) is 6.04 Å². The molecule has 0 radical (unpaired) electrons. The van der Waals surface area contributed by atoms with Crippen LogP contribution >= 0.6 is 0 Å². The van der Waals surface area contributed by atoms with E-state index in [1.54, 1.807) is 15.7 Å². The molecule has 21 heavy (non-hydrogen) atoms. The van der Waals surface area contributed by atoms with Crippen molar-refractivity contribution < 1.29 is 8.42 Å². The van der Waals surface area contributed by atoms with Gasteiger partial charge in [-0.3, -0.25) is 0 Å². The van der Waals surface area contributed by atoms with E-state index in [1.165, 1.54) is 19.3 Å². The summed E-state index contributed by atoms with van der Waals surface area (Å²) in [6, 6.07) is 0.782. The molecular formula is C15H29N3O2S. The van der Waals surface area contributed by atoms with E-state index < -0.39 is 10.2 Å². The molecule has 0 aromatic carbocycles. The summed E-state index contributed by atoms with van der Waals surface area (Å²) in [7, 11) is -1.54. The molecule has 0 aromatic heterocycles. The normalized spacial score (nSPS) is 34.3. The highest BCUT2D eigenvalue weighted by atomic mass is 32.2. The van der Waals surface area contributed by atoms with Gasteiger partial charge in [-0.15, -0.1) is 0 Å². The molecule has 1 heterocycles. The lowest BCUT2D eigenvalue weighted by Crippen LogP contribution is -2.53. The first-order valence-corrected chi connectivity index (χ1v) is 9.84. The molecule has 2 saturated carbocycles. The Hall–Kier alpha value is -0.170. The lowest BCUT2D eigenvalue weighted by molar-refractivity contribution is 0.229. The molecule has 0 spiro atoms. The lowest BCUT2D eigenvalue weighted by Gasteiger charge is -2.37. The molecule has 1 N–H and O–H groups in total. The number of hydrogen-bond donors (Lipinski definition) is 1. The second-order valence-electron chi connectivity index (χ2n) is 7.20. The maximum absolute atomic E-state index is 12.9. The Morgan fingerprint density at radius 3 is 2.57 bits per heavy atom. The maximum atomic E-state index is 12.9. The Morgan fingerprint density at radius 1 is 1.24 bits per heavy atom. The fraction of sp³-hybridized carbons (Fsp3) is 1.00. The Labute approximate surface area is 129 Å². The van der Waals surface area contributed by atoms with Crippen LogP contribution in [-0.4, -0.2) is 55.8 Å². The first kappa shape index (κ1) is 15.7. The molecule has 122 valence electrons. The van der Waals surface area contributed by atoms with Crippen LogP contribution in [0, 0.1) is 11.8 Å². The van der Waals surface area contributed by atoms with Crippen LogP contribution in [0.1, 0.15) is 45.4 Å². The second-order valence-corrected chi connectivity index (χ2v) is 9.19. The zero-order valence-electron chi connectivity index (χ0n) is 13.3. The fourth-order valence-corrected chi connectivity index (χ4v) is 4.98. The van der Waals surface area contributed by atoms with Gasteiger partial charge in [0.2, 0.25) is 0 Å². The van der Waals surface area contributed by atoms with Gasteiger partial charge in [0, 0.05) is 38.8 Å². The van der Waals surface area contributed by atoms with Crippen LogP contribution < -0.4 is 5.32 Å². The van der Waals surface area contributed by atoms with Crippen molar-refractivity contribution in [2.75, 3.05) is 26.7 Å². The van der Waals surface area contributed by atoms with E-state index in [2.05, 4.69) is 12.2 Å². The predicted molar refractivity (Wildman–Crippen MR) is 84.2 cm³/mol. The van der Waals surface area contributed by atoms with E-state index in [0.29, 0.717) is 31.0 Å². The molecule has 6 heteroatoms. The number of rotatable bonds is 7. The molecular weight excluding hydrogens is 286 g/mol. The molecule has 2 aliphatic carbocycles. The average molecular weight is 315 g/mol. The minimum atomic E-state index is -3.29. The Kier molecular flexibility index (Phi) is 4.60. The van der Waals surface area contributed by atoms with Crippen molar-refractivity contribution in [1.29, 1.82) is 0 Å². The van der Waals surface area contributed by atoms with Crippen LogP contribution in [0.3, 0.4) is 0 Å². The van der Waals surface area contributed by atoms with Crippen molar-refractivity contribution in [3.63, 3.8) is 0 Å². The predicted octanol–water partition coefficient (Wildman–Crippen LogP) is 1.43. The standard InChI is InChI=1S/C15H29N3O2S/c1-12-9-13(12)11-17(2)21(19,20)18-8-4-3-5-15(18)10-16-14-6-7-14/h12-16H,3-11H2,1-2H3. The molecule has 3 aliphatic rings. The molecule has 3 unspecified atom stereocenters. The molecule has 3 rings (SSSR count). The number of nitrogens with zero attached hydrogens (tertiary/aromatic N) is 2. The second kappa shape index (κ2) is 6.14. The number of nitrogens with one attached hydrogen (secondary N) is 1. The van der Waals surface area contributed by atoms with Crippen molar-refractivity contribution >= 4 is 10.2 Å². The monoisotopic (exact) mass is 315 g/mol. The van der Waals surface area contributed by atoms with Gasteiger partial charge in [0.15, 0.2) is 0 Å². The van der Waals surface area contributed by atoms with Crippen molar-refractivity contribution in [3.8, 4) is 0 Å². The molecule has 3 atom stereocenters. The third kappa shape index (κ3) is 3.78. The average Bonchev–Trinajstić information content (AvgIpc) is 3.36. The molecule has 0 amide bonds. The largest absolute Gasteiger partial charge is 0.312 e. The molecule has 1 aliphatic heterocycles. The minimum Gasteiger partial charge on any atom is -0.312 e. The summed E-state index contributed by atoms with van der Waals surface area (Å²) < 4.78 is 29.1. The van der Waals surface area contributed by atoms with E-state index in [0.717, 1.165) is 25.8 Å². The van der Waals surface area contributed by atoms with Crippen LogP contribution in [0.15, 0.2) is 0 Å². The summed E-state index contributed by atoms with van der Waals surface area (Å²) in [4.78, 5) is 0. The van der Waals surface area contributed by atoms with Crippen LogP contribution in [0.2, 0.25) is 0 Å². The van der Waals surface area contributed by atoms with Gasteiger partial charge in [-0.25, -0.2) is 0 Å². The van der Waals surface area contributed by atoms with Crippen LogP contribution in [0.5, 0.6) is 0 Å². The molecule has 0 bridgehead atoms. The van der Waals surface area contributed by atoms with E-state index in [9.17, 15) is 8.42 Å². The zero-order chi connectivity index (χ0) is 15.0. The van der Waals surface area contributed by atoms with E-state index in [4.69, 9.17) is 0 Å². The maximum Gasteiger partial charge on any atom is 0.282 e. The van der Waals surface area contributed by atoms with Gasteiger partial charge >= 0.3 is 0 Å². The van der Waals surface area contributed by atoms with Crippen molar-refractivity contribution in [2.45, 2.75) is 57.5 Å². The van der Waals surface area contributed by atoms with Gasteiger partial charge in [0.25, 0.3) is 10.2 Å². The first-order valence-electron chi connectivity index (χ1n) is 8.45. The highest BCUT2D eigenvalue weighted by Gasteiger charge is 2.40. The minimum absolute atomic E-state index is 0.142. The zero-order valence-corrected chi connectivity index (χ0v) is 14.1. The van der Waals surface area contributed by atoms with E-state index >= 15 is 0 Å². The van der Waals surface area contributed by atoms with Gasteiger partial charge in [-0.2, -0.15) is 17.0 Å². The first-order chi connectivity index (χ1) is 9.98. The van der Waals surface area contributed by atoms with Gasteiger partial charge in [0.05, 0.1) is 0 Å². The topological polar surface area (TPSA) is 52.7 Å². The fourth-order valence-electron chi connectivity index (χ4n) is 3.33. The highest BCUT2D eigenvalue weighted by molar-refractivity contribution is 7.86. The smallest absolute Gasteiger partial charge is 0.282 e. The van der Waals surface area contributed by atoms with E-state index in [1.807, 2.05) is 0 Å². The summed E-state index contributed by atoms with van der Waals surface area (Å²) >= 11 is 0. The quantitative estimate of drug-likeness (QED) is 0.773. The van der Waals surface area contributed by atoms with Crippen LogP contribution in [0.25, 0.3) is 0 Å². The summed E-state index contributed by atoms with van der Waals surface area (Å²) in [5.41, 5.74) is 0. The van der Waals surface area contributed by atoms with Gasteiger partial charge in [-0.1, -0.05) is 13.3 Å². The SMILES string of the molecule is CC1CC1CN(C)S(=O)(=O)N1CCCCC1CNC1CC1. The number of hydrogen-bond acceptors (Lipinski definition) is 3. The summed E-state index contributed by atoms with van der Waals surface area (Å²) in [5, 5.41) is 3.50. The number of piperidine rings is 1. The third-order valence-corrected chi connectivity index (χ3v) is 7.26. The Morgan fingerprint density at radius 2 is 1.95 bits per heavy atom. The van der Waals surface area contributed by atoms with Crippen LogP contribution in [-0.2, 0) is 10.2 Å².